The second-order valence-electron chi connectivity index (χ2n) is 6.78. The number of aromatic nitrogens is 1. The summed E-state index contributed by atoms with van der Waals surface area (Å²) in [7, 11) is 0. The van der Waals surface area contributed by atoms with Crippen molar-refractivity contribution >= 4 is 44.2 Å². The fraction of sp³-hybridized carbons (Fsp3) is 0.136. The van der Waals surface area contributed by atoms with Gasteiger partial charge in [0.1, 0.15) is 5.75 Å². The number of benzene rings is 2. The highest BCUT2D eigenvalue weighted by atomic mass is 32.1. The summed E-state index contributed by atoms with van der Waals surface area (Å²) in [6, 6.07) is 15.6. The molecule has 2 amide bonds. The Morgan fingerprint density at radius 1 is 1.03 bits per heavy atom. The van der Waals surface area contributed by atoms with Gasteiger partial charge in [0.15, 0.2) is 10.9 Å². The third-order valence-corrected chi connectivity index (χ3v) is 5.03. The number of amides is 2. The Morgan fingerprint density at radius 3 is 2.53 bits per heavy atom. The van der Waals surface area contributed by atoms with Crippen molar-refractivity contribution in [1.82, 2.24) is 4.98 Å². The minimum atomic E-state index is -0.363. The topological polar surface area (TPSA) is 93.5 Å². The predicted molar refractivity (Wildman–Crippen MR) is 116 cm³/mol. The Kier molecular flexibility index (Phi) is 5.49. The van der Waals surface area contributed by atoms with Crippen molar-refractivity contribution in [3.8, 4) is 5.75 Å². The van der Waals surface area contributed by atoms with Gasteiger partial charge in [0, 0.05) is 11.3 Å². The minimum absolute atomic E-state index is 0.0737. The monoisotopic (exact) mass is 421 g/mol. The van der Waals surface area contributed by atoms with Gasteiger partial charge in [-0.05, 0) is 68.4 Å². The highest BCUT2D eigenvalue weighted by Gasteiger charge is 2.13. The number of hydrogen-bond acceptors (Lipinski definition) is 6. The van der Waals surface area contributed by atoms with Gasteiger partial charge < -0.3 is 14.5 Å². The van der Waals surface area contributed by atoms with Crippen LogP contribution in [0.25, 0.3) is 10.2 Å². The first-order valence-corrected chi connectivity index (χ1v) is 10.1. The standard InChI is InChI=1S/C22H19N3O4S/c1-13(2)29-16-8-5-14(6-9-16)20(26)23-15-7-10-17-19(12-15)30-22(24-17)25-21(27)18-4-3-11-28-18/h3-13H,1-2H3,(H,23,26)(H,24,25,27). The summed E-state index contributed by atoms with van der Waals surface area (Å²) in [4.78, 5) is 29.0. The van der Waals surface area contributed by atoms with E-state index in [-0.39, 0.29) is 23.7 Å². The van der Waals surface area contributed by atoms with E-state index in [0.29, 0.717) is 16.4 Å². The third-order valence-electron chi connectivity index (χ3n) is 4.10. The predicted octanol–water partition coefficient (Wildman–Crippen LogP) is 5.18. The smallest absolute Gasteiger partial charge is 0.293 e. The molecule has 7 nitrogen and oxygen atoms in total. The van der Waals surface area contributed by atoms with Crippen molar-refractivity contribution < 1.29 is 18.7 Å². The van der Waals surface area contributed by atoms with Crippen molar-refractivity contribution in [2.75, 3.05) is 10.6 Å². The molecule has 0 atom stereocenters. The van der Waals surface area contributed by atoms with Crippen molar-refractivity contribution in [3.05, 3.63) is 72.2 Å². The van der Waals surface area contributed by atoms with E-state index in [0.717, 1.165) is 16.0 Å². The lowest BCUT2D eigenvalue weighted by molar-refractivity contribution is 0.0994. The summed E-state index contributed by atoms with van der Waals surface area (Å²) < 4.78 is 11.5. The van der Waals surface area contributed by atoms with Gasteiger partial charge in [-0.15, -0.1) is 0 Å². The van der Waals surface area contributed by atoms with Crippen LogP contribution in [0.4, 0.5) is 10.8 Å². The first-order valence-electron chi connectivity index (χ1n) is 9.31. The molecule has 2 aromatic carbocycles. The molecule has 0 aliphatic carbocycles. The van der Waals surface area contributed by atoms with E-state index < -0.39 is 0 Å². The maximum Gasteiger partial charge on any atom is 0.293 e. The second kappa shape index (κ2) is 8.38. The number of furan rings is 1. The Morgan fingerprint density at radius 2 is 1.83 bits per heavy atom. The van der Waals surface area contributed by atoms with Crippen LogP contribution >= 0.6 is 11.3 Å². The summed E-state index contributed by atoms with van der Waals surface area (Å²) in [6.07, 6.45) is 1.51. The van der Waals surface area contributed by atoms with E-state index in [2.05, 4.69) is 15.6 Å². The molecule has 0 saturated carbocycles. The van der Waals surface area contributed by atoms with Crippen LogP contribution < -0.4 is 15.4 Å². The van der Waals surface area contributed by atoms with E-state index in [1.165, 1.54) is 17.6 Å². The second-order valence-corrected chi connectivity index (χ2v) is 7.81. The lowest BCUT2D eigenvalue weighted by Gasteiger charge is -2.10. The van der Waals surface area contributed by atoms with Crippen LogP contribution in [-0.4, -0.2) is 22.9 Å². The van der Waals surface area contributed by atoms with Crippen LogP contribution in [-0.2, 0) is 0 Å². The Labute approximate surface area is 176 Å². The number of nitrogens with zero attached hydrogens (tertiary/aromatic N) is 1. The van der Waals surface area contributed by atoms with Crippen LogP contribution in [0.3, 0.4) is 0 Å². The maximum atomic E-state index is 12.5. The third kappa shape index (κ3) is 4.49. The van der Waals surface area contributed by atoms with Gasteiger partial charge in [-0.1, -0.05) is 11.3 Å². The van der Waals surface area contributed by atoms with Gasteiger partial charge in [-0.2, -0.15) is 0 Å². The van der Waals surface area contributed by atoms with E-state index >= 15 is 0 Å². The zero-order chi connectivity index (χ0) is 21.1. The molecule has 0 fully saturated rings. The number of thiazole rings is 1. The molecule has 0 aliphatic heterocycles. The highest BCUT2D eigenvalue weighted by Crippen LogP contribution is 2.29. The lowest BCUT2D eigenvalue weighted by atomic mass is 10.2. The Hall–Kier alpha value is -3.65. The van der Waals surface area contributed by atoms with Crippen molar-refractivity contribution in [3.63, 3.8) is 0 Å². The molecule has 30 heavy (non-hydrogen) atoms. The largest absolute Gasteiger partial charge is 0.491 e. The zero-order valence-electron chi connectivity index (χ0n) is 16.3. The van der Waals surface area contributed by atoms with E-state index in [1.807, 2.05) is 19.9 Å². The molecule has 0 radical (unpaired) electrons. The number of carbonyl (C=O) groups is 2. The van der Waals surface area contributed by atoms with Gasteiger partial charge in [0.05, 0.1) is 22.6 Å². The van der Waals surface area contributed by atoms with Crippen molar-refractivity contribution in [2.45, 2.75) is 20.0 Å². The van der Waals surface area contributed by atoms with E-state index in [4.69, 9.17) is 9.15 Å². The molecule has 0 aliphatic rings. The van der Waals surface area contributed by atoms with Gasteiger partial charge >= 0.3 is 0 Å². The van der Waals surface area contributed by atoms with E-state index in [1.54, 1.807) is 48.5 Å². The number of ether oxygens (including phenoxy) is 1. The molecule has 8 heteroatoms. The fourth-order valence-electron chi connectivity index (χ4n) is 2.78. The quantitative estimate of drug-likeness (QED) is 0.447. The minimum Gasteiger partial charge on any atom is -0.491 e. The van der Waals surface area contributed by atoms with E-state index in [9.17, 15) is 9.59 Å². The van der Waals surface area contributed by atoms with Crippen LogP contribution in [0.2, 0.25) is 0 Å². The molecule has 2 heterocycles. The molecule has 0 unspecified atom stereocenters. The van der Waals surface area contributed by atoms with Crippen LogP contribution in [0.5, 0.6) is 5.75 Å². The summed E-state index contributed by atoms with van der Waals surface area (Å²) in [5.41, 5.74) is 1.90. The summed E-state index contributed by atoms with van der Waals surface area (Å²) in [6.45, 7) is 3.90. The summed E-state index contributed by atoms with van der Waals surface area (Å²) in [5.74, 6) is 0.350. The average molecular weight is 421 g/mol. The van der Waals surface area contributed by atoms with Gasteiger partial charge in [-0.3, -0.25) is 14.9 Å². The zero-order valence-corrected chi connectivity index (χ0v) is 17.2. The highest BCUT2D eigenvalue weighted by molar-refractivity contribution is 7.22. The van der Waals surface area contributed by atoms with Crippen molar-refractivity contribution in [2.24, 2.45) is 0 Å². The van der Waals surface area contributed by atoms with Crippen LogP contribution in [0, 0.1) is 0 Å². The molecule has 0 spiro atoms. The van der Waals surface area contributed by atoms with Crippen molar-refractivity contribution in [1.29, 1.82) is 0 Å². The summed E-state index contributed by atoms with van der Waals surface area (Å²) in [5, 5.41) is 6.05. The molecule has 2 aromatic heterocycles. The SMILES string of the molecule is CC(C)Oc1ccc(C(=O)Nc2ccc3nc(NC(=O)c4ccco4)sc3c2)cc1. The molecule has 4 rings (SSSR count). The van der Waals surface area contributed by atoms with Gasteiger partial charge in [0.25, 0.3) is 11.8 Å². The molecule has 4 aromatic rings. The molecule has 152 valence electrons. The number of nitrogens with one attached hydrogen (secondary N) is 2. The molecule has 0 saturated heterocycles. The Bertz CT molecular complexity index is 1180. The number of carbonyl (C=O) groups excluding carboxylic acids is 2. The number of anilines is 2. The molecular weight excluding hydrogens is 402 g/mol. The first kappa shape index (κ1) is 19.7. The van der Waals surface area contributed by atoms with Gasteiger partial charge in [0.2, 0.25) is 0 Å². The Balaban J connectivity index is 1.45. The summed E-state index contributed by atoms with van der Waals surface area (Å²) >= 11 is 1.31. The van der Waals surface area contributed by atoms with Crippen LogP contribution in [0.15, 0.2) is 65.3 Å². The van der Waals surface area contributed by atoms with Crippen LogP contribution in [0.1, 0.15) is 34.8 Å². The average Bonchev–Trinajstić information content (AvgIpc) is 3.37. The first-order chi connectivity index (χ1) is 14.5. The number of fused-ring (bicyclic) bond motifs is 1. The molecular formula is C22H19N3O4S. The fourth-order valence-corrected chi connectivity index (χ4v) is 3.68. The molecule has 0 bridgehead atoms. The molecule has 2 N–H and O–H groups in total. The van der Waals surface area contributed by atoms with Gasteiger partial charge in [-0.25, -0.2) is 4.98 Å². The number of rotatable bonds is 6. The number of hydrogen-bond donors (Lipinski definition) is 2. The normalized spacial score (nSPS) is 10.9. The lowest BCUT2D eigenvalue weighted by Crippen LogP contribution is -2.12. The maximum absolute atomic E-state index is 12.5.